The van der Waals surface area contributed by atoms with E-state index in [0.29, 0.717) is 18.0 Å². The SMILES string of the molecule is CC(C)C(=O)NC1CCC(CC(=O)Nc2cnc(-c3ccc(C(C)(C)N)cc3)c(-c3ccccc3)c2)CC1. The minimum absolute atomic E-state index is 0.00255. The molecule has 1 aliphatic carbocycles. The highest BCUT2D eigenvalue weighted by Crippen LogP contribution is 2.34. The Morgan fingerprint density at radius 2 is 1.63 bits per heavy atom. The molecule has 1 aliphatic rings. The Labute approximate surface area is 226 Å². The molecule has 4 N–H and O–H groups in total. The Balaban J connectivity index is 1.46. The topological polar surface area (TPSA) is 97.1 Å². The smallest absolute Gasteiger partial charge is 0.224 e. The van der Waals surface area contributed by atoms with Crippen LogP contribution in [0.15, 0.2) is 66.9 Å². The summed E-state index contributed by atoms with van der Waals surface area (Å²) in [5.74, 6) is 0.434. The molecule has 3 aromatic rings. The first-order valence-corrected chi connectivity index (χ1v) is 13.7. The van der Waals surface area contributed by atoms with E-state index in [4.69, 9.17) is 10.7 Å². The molecule has 6 nitrogen and oxygen atoms in total. The fraction of sp³-hybridized carbons (Fsp3) is 0.406. The Morgan fingerprint density at radius 1 is 0.974 bits per heavy atom. The number of nitrogens with one attached hydrogen (secondary N) is 2. The minimum atomic E-state index is -0.413. The first kappa shape index (κ1) is 27.5. The molecule has 0 saturated heterocycles. The molecule has 0 bridgehead atoms. The van der Waals surface area contributed by atoms with Crippen LogP contribution in [0.4, 0.5) is 5.69 Å². The molecule has 0 atom stereocenters. The van der Waals surface area contributed by atoms with Gasteiger partial charge >= 0.3 is 0 Å². The third-order valence-corrected chi connectivity index (χ3v) is 7.35. The van der Waals surface area contributed by atoms with Gasteiger partial charge in [0.25, 0.3) is 0 Å². The van der Waals surface area contributed by atoms with Gasteiger partial charge in [0, 0.05) is 35.0 Å². The summed E-state index contributed by atoms with van der Waals surface area (Å²) in [6.45, 7) is 7.80. The van der Waals surface area contributed by atoms with Crippen molar-refractivity contribution in [2.75, 3.05) is 5.32 Å². The second-order valence-electron chi connectivity index (χ2n) is 11.4. The second-order valence-corrected chi connectivity index (χ2v) is 11.4. The van der Waals surface area contributed by atoms with Crippen molar-refractivity contribution in [3.8, 4) is 22.4 Å². The number of pyridine rings is 1. The highest BCUT2D eigenvalue weighted by molar-refractivity contribution is 5.93. The molecule has 2 amide bonds. The van der Waals surface area contributed by atoms with Crippen molar-refractivity contribution < 1.29 is 9.59 Å². The van der Waals surface area contributed by atoms with Gasteiger partial charge in [0.2, 0.25) is 11.8 Å². The van der Waals surface area contributed by atoms with Gasteiger partial charge in [-0.25, -0.2) is 0 Å². The number of hydrogen-bond acceptors (Lipinski definition) is 4. The number of carbonyl (C=O) groups is 2. The first-order chi connectivity index (χ1) is 18.1. The number of benzene rings is 2. The monoisotopic (exact) mass is 512 g/mol. The van der Waals surface area contributed by atoms with Crippen molar-refractivity contribution >= 4 is 17.5 Å². The molecule has 6 heteroatoms. The van der Waals surface area contributed by atoms with Gasteiger partial charge in [-0.2, -0.15) is 0 Å². The van der Waals surface area contributed by atoms with Crippen molar-refractivity contribution in [3.05, 3.63) is 72.4 Å². The van der Waals surface area contributed by atoms with Crippen LogP contribution < -0.4 is 16.4 Å². The lowest BCUT2D eigenvalue weighted by atomic mass is 9.83. The maximum absolute atomic E-state index is 12.9. The molecule has 1 saturated carbocycles. The lowest BCUT2D eigenvalue weighted by molar-refractivity contribution is -0.125. The van der Waals surface area contributed by atoms with Crippen LogP contribution in [0.1, 0.15) is 65.4 Å². The lowest BCUT2D eigenvalue weighted by Gasteiger charge is -2.29. The van der Waals surface area contributed by atoms with E-state index in [1.54, 1.807) is 6.20 Å². The molecular weight excluding hydrogens is 472 g/mol. The average molecular weight is 513 g/mol. The summed E-state index contributed by atoms with van der Waals surface area (Å²) in [5, 5.41) is 6.21. The van der Waals surface area contributed by atoms with Crippen LogP contribution in [0.2, 0.25) is 0 Å². The van der Waals surface area contributed by atoms with Crippen LogP contribution in [0.25, 0.3) is 22.4 Å². The van der Waals surface area contributed by atoms with E-state index < -0.39 is 5.54 Å². The first-order valence-electron chi connectivity index (χ1n) is 13.7. The fourth-order valence-electron chi connectivity index (χ4n) is 5.01. The number of amides is 2. The number of aromatic nitrogens is 1. The van der Waals surface area contributed by atoms with Crippen molar-refractivity contribution in [1.82, 2.24) is 10.3 Å². The van der Waals surface area contributed by atoms with Gasteiger partial charge in [-0.15, -0.1) is 0 Å². The molecular formula is C32H40N4O2. The van der Waals surface area contributed by atoms with Crippen LogP contribution >= 0.6 is 0 Å². The average Bonchev–Trinajstić information content (AvgIpc) is 2.90. The molecule has 200 valence electrons. The predicted octanol–water partition coefficient (Wildman–Crippen LogP) is 6.27. The summed E-state index contributed by atoms with van der Waals surface area (Å²) in [6.07, 6.45) is 5.94. The van der Waals surface area contributed by atoms with Gasteiger partial charge in [-0.05, 0) is 62.6 Å². The zero-order chi connectivity index (χ0) is 27.3. The molecule has 1 aromatic heterocycles. The standard InChI is InChI=1S/C32H40N4O2/c1-21(2)31(38)36-26-16-10-22(11-17-26)18-29(37)35-27-19-28(23-8-6-5-7-9-23)30(34-20-27)24-12-14-25(15-13-24)32(3,4)33/h5-9,12-15,19-22,26H,10-11,16-18,33H2,1-4H3,(H,35,37)(H,36,38). The van der Waals surface area contributed by atoms with Crippen molar-refractivity contribution in [1.29, 1.82) is 0 Å². The van der Waals surface area contributed by atoms with Gasteiger partial charge in [0.1, 0.15) is 0 Å². The maximum atomic E-state index is 12.9. The number of nitrogens with two attached hydrogens (primary N) is 1. The zero-order valence-corrected chi connectivity index (χ0v) is 23.0. The van der Waals surface area contributed by atoms with E-state index in [0.717, 1.165) is 53.6 Å². The van der Waals surface area contributed by atoms with Crippen LogP contribution in [0, 0.1) is 11.8 Å². The number of carbonyl (C=O) groups excluding carboxylic acids is 2. The Morgan fingerprint density at radius 3 is 2.24 bits per heavy atom. The highest BCUT2D eigenvalue weighted by Gasteiger charge is 2.25. The molecule has 1 fully saturated rings. The van der Waals surface area contributed by atoms with Crippen molar-refractivity contribution in [3.63, 3.8) is 0 Å². The summed E-state index contributed by atoms with van der Waals surface area (Å²) in [5.41, 5.74) is 11.5. The van der Waals surface area contributed by atoms with E-state index in [1.165, 1.54) is 0 Å². The third kappa shape index (κ3) is 7.07. The van der Waals surface area contributed by atoms with Gasteiger partial charge in [-0.3, -0.25) is 14.6 Å². The molecule has 0 aliphatic heterocycles. The summed E-state index contributed by atoms with van der Waals surface area (Å²) in [7, 11) is 0. The third-order valence-electron chi connectivity index (χ3n) is 7.35. The quantitative estimate of drug-likeness (QED) is 0.331. The molecule has 0 radical (unpaired) electrons. The Hall–Kier alpha value is -3.51. The predicted molar refractivity (Wildman–Crippen MR) is 154 cm³/mol. The number of nitrogens with zero attached hydrogens (tertiary/aromatic N) is 1. The van der Waals surface area contributed by atoms with Crippen LogP contribution in [-0.4, -0.2) is 22.8 Å². The lowest BCUT2D eigenvalue weighted by Crippen LogP contribution is -2.40. The van der Waals surface area contributed by atoms with E-state index in [1.807, 2.05) is 64.1 Å². The van der Waals surface area contributed by atoms with E-state index in [9.17, 15) is 9.59 Å². The van der Waals surface area contributed by atoms with E-state index in [2.05, 4.69) is 34.9 Å². The molecule has 0 unspecified atom stereocenters. The summed E-state index contributed by atoms with van der Waals surface area (Å²) < 4.78 is 0. The molecule has 38 heavy (non-hydrogen) atoms. The van der Waals surface area contributed by atoms with E-state index >= 15 is 0 Å². The maximum Gasteiger partial charge on any atom is 0.224 e. The minimum Gasteiger partial charge on any atom is -0.353 e. The van der Waals surface area contributed by atoms with Crippen molar-refractivity contribution in [2.45, 2.75) is 71.4 Å². The van der Waals surface area contributed by atoms with Crippen LogP contribution in [0.3, 0.4) is 0 Å². The van der Waals surface area contributed by atoms with E-state index in [-0.39, 0.29) is 23.8 Å². The Bertz CT molecular complexity index is 1240. The second kappa shape index (κ2) is 11.9. The van der Waals surface area contributed by atoms with Gasteiger partial charge in [-0.1, -0.05) is 68.4 Å². The van der Waals surface area contributed by atoms with Gasteiger partial charge < -0.3 is 16.4 Å². The molecule has 1 heterocycles. The summed E-state index contributed by atoms with van der Waals surface area (Å²) >= 11 is 0. The zero-order valence-electron chi connectivity index (χ0n) is 23.0. The summed E-state index contributed by atoms with van der Waals surface area (Å²) in [6, 6.07) is 20.5. The largest absolute Gasteiger partial charge is 0.353 e. The highest BCUT2D eigenvalue weighted by atomic mass is 16.2. The molecule has 2 aromatic carbocycles. The number of rotatable bonds is 8. The van der Waals surface area contributed by atoms with Gasteiger partial charge in [0.15, 0.2) is 0 Å². The Kier molecular flexibility index (Phi) is 8.62. The summed E-state index contributed by atoms with van der Waals surface area (Å²) in [4.78, 5) is 29.7. The molecule has 0 spiro atoms. The fourth-order valence-corrected chi connectivity index (χ4v) is 5.01. The number of anilines is 1. The van der Waals surface area contributed by atoms with Crippen LogP contribution in [-0.2, 0) is 15.1 Å². The van der Waals surface area contributed by atoms with Gasteiger partial charge in [0.05, 0.1) is 17.6 Å². The normalized spacial score (nSPS) is 17.7. The van der Waals surface area contributed by atoms with Crippen LogP contribution in [0.5, 0.6) is 0 Å². The molecule has 4 rings (SSSR count). The number of hydrogen-bond donors (Lipinski definition) is 3. The van der Waals surface area contributed by atoms with Crippen molar-refractivity contribution in [2.24, 2.45) is 17.6 Å².